The number of rotatable bonds is 4. The molecule has 3 nitrogen and oxygen atoms in total. The number of nitrogens with one attached hydrogen (secondary N) is 1. The summed E-state index contributed by atoms with van der Waals surface area (Å²) < 4.78 is 41.5. The third-order valence-corrected chi connectivity index (χ3v) is 5.06. The molecule has 3 aromatic rings. The maximum atomic E-state index is 12.5. The Hall–Kier alpha value is -1.99. The van der Waals surface area contributed by atoms with Crippen molar-refractivity contribution in [2.45, 2.75) is 12.4 Å². The molecule has 4 rings (SSSR count). The summed E-state index contributed by atoms with van der Waals surface area (Å²) in [5.74, 6) is -0.201. The monoisotopic (exact) mass is 458 g/mol. The van der Waals surface area contributed by atoms with Gasteiger partial charge in [-0.1, -0.05) is 54.6 Å². The van der Waals surface area contributed by atoms with Crippen molar-refractivity contribution in [1.82, 2.24) is 10.2 Å². The summed E-state index contributed by atoms with van der Waals surface area (Å²) in [6.45, 7) is 3.51. The molecule has 0 saturated carbocycles. The van der Waals surface area contributed by atoms with Gasteiger partial charge in [0.05, 0.1) is 6.04 Å². The topological polar surface area (TPSA) is 24.5 Å². The predicted octanol–water partition coefficient (Wildman–Crippen LogP) is 5.58. The molecule has 1 heterocycles. The molecule has 3 aromatic carbocycles. The van der Waals surface area contributed by atoms with E-state index in [2.05, 4.69) is 39.2 Å². The third kappa shape index (κ3) is 5.58. The molecule has 1 saturated heterocycles. The second-order valence-corrected chi connectivity index (χ2v) is 6.87. The minimum absolute atomic E-state index is 0. The number of benzene rings is 3. The first-order valence-corrected chi connectivity index (χ1v) is 9.29. The van der Waals surface area contributed by atoms with Crippen molar-refractivity contribution < 1.29 is 17.9 Å². The molecular formula is C22H23Cl2F3N2O. The van der Waals surface area contributed by atoms with Crippen molar-refractivity contribution in [1.29, 1.82) is 0 Å². The Bertz CT molecular complexity index is 940. The molecule has 0 unspecified atom stereocenters. The lowest BCUT2D eigenvalue weighted by Gasteiger charge is -2.36. The van der Waals surface area contributed by atoms with Crippen LogP contribution in [0.3, 0.4) is 0 Å². The average Bonchev–Trinajstić information content (AvgIpc) is 2.69. The van der Waals surface area contributed by atoms with E-state index in [1.807, 2.05) is 18.2 Å². The molecule has 0 spiro atoms. The highest BCUT2D eigenvalue weighted by molar-refractivity contribution is 5.86. The minimum Gasteiger partial charge on any atom is -0.406 e. The number of ether oxygens (including phenoxy) is 1. The van der Waals surface area contributed by atoms with Crippen molar-refractivity contribution in [3.05, 3.63) is 77.9 Å². The van der Waals surface area contributed by atoms with Crippen LogP contribution in [0.25, 0.3) is 10.8 Å². The Kier molecular flexibility index (Phi) is 8.38. The van der Waals surface area contributed by atoms with Gasteiger partial charge in [0.2, 0.25) is 0 Å². The molecule has 0 bridgehead atoms. The molecule has 1 aliphatic rings. The zero-order valence-electron chi connectivity index (χ0n) is 16.1. The normalized spacial score (nSPS) is 15.7. The zero-order valence-corrected chi connectivity index (χ0v) is 17.7. The second kappa shape index (κ2) is 10.4. The van der Waals surface area contributed by atoms with E-state index in [9.17, 15) is 13.2 Å². The van der Waals surface area contributed by atoms with Gasteiger partial charge < -0.3 is 10.1 Å². The Morgan fingerprint density at radius 1 is 0.833 bits per heavy atom. The van der Waals surface area contributed by atoms with E-state index in [0.717, 1.165) is 48.1 Å². The molecule has 0 radical (unpaired) electrons. The van der Waals surface area contributed by atoms with E-state index < -0.39 is 6.36 Å². The lowest BCUT2D eigenvalue weighted by Crippen LogP contribution is -2.45. The molecular weight excluding hydrogens is 436 g/mol. The standard InChI is InChI=1S/C22H21F3N2O.2ClH/c23-22(24,25)28-18-10-8-17(9-11-18)21(27-14-12-26-13-15-27)20-7-3-5-16-4-1-2-6-19(16)20;;/h1-11,21,26H,12-15H2;2*1H/t21-;;/m1../s1. The summed E-state index contributed by atoms with van der Waals surface area (Å²) in [7, 11) is 0. The van der Waals surface area contributed by atoms with Gasteiger partial charge in [-0.3, -0.25) is 4.90 Å². The van der Waals surface area contributed by atoms with Gasteiger partial charge in [0.15, 0.2) is 0 Å². The highest BCUT2D eigenvalue weighted by atomic mass is 35.5. The van der Waals surface area contributed by atoms with E-state index in [4.69, 9.17) is 0 Å². The van der Waals surface area contributed by atoms with Crippen LogP contribution in [-0.4, -0.2) is 37.4 Å². The van der Waals surface area contributed by atoms with Gasteiger partial charge in [-0.15, -0.1) is 38.0 Å². The van der Waals surface area contributed by atoms with Crippen LogP contribution >= 0.6 is 24.8 Å². The highest BCUT2D eigenvalue weighted by Crippen LogP contribution is 2.35. The van der Waals surface area contributed by atoms with Gasteiger partial charge >= 0.3 is 6.36 Å². The molecule has 1 fully saturated rings. The first kappa shape index (κ1) is 24.3. The van der Waals surface area contributed by atoms with Crippen molar-refractivity contribution in [3.63, 3.8) is 0 Å². The Labute approximate surface area is 186 Å². The van der Waals surface area contributed by atoms with E-state index in [1.54, 1.807) is 12.1 Å². The summed E-state index contributed by atoms with van der Waals surface area (Å²) in [6, 6.07) is 20.6. The number of hydrogen-bond donors (Lipinski definition) is 1. The number of halogens is 5. The largest absolute Gasteiger partial charge is 0.573 e. The molecule has 0 aromatic heterocycles. The highest BCUT2D eigenvalue weighted by Gasteiger charge is 2.31. The van der Waals surface area contributed by atoms with Crippen molar-refractivity contribution in [3.8, 4) is 5.75 Å². The van der Waals surface area contributed by atoms with E-state index in [0.29, 0.717) is 0 Å². The van der Waals surface area contributed by atoms with Crippen LogP contribution in [0.4, 0.5) is 13.2 Å². The Morgan fingerprint density at radius 3 is 2.13 bits per heavy atom. The van der Waals surface area contributed by atoms with Crippen LogP contribution in [0.15, 0.2) is 66.7 Å². The molecule has 0 aliphatic carbocycles. The molecule has 30 heavy (non-hydrogen) atoms. The maximum absolute atomic E-state index is 12.5. The first-order chi connectivity index (χ1) is 13.5. The second-order valence-electron chi connectivity index (χ2n) is 6.87. The number of piperazine rings is 1. The Balaban J connectivity index is 0.00000160. The number of fused-ring (bicyclic) bond motifs is 1. The zero-order chi connectivity index (χ0) is 19.6. The average molecular weight is 459 g/mol. The van der Waals surface area contributed by atoms with Crippen molar-refractivity contribution in [2.75, 3.05) is 26.2 Å². The quantitative estimate of drug-likeness (QED) is 0.552. The van der Waals surface area contributed by atoms with Crippen LogP contribution in [0, 0.1) is 0 Å². The van der Waals surface area contributed by atoms with Crippen molar-refractivity contribution in [2.24, 2.45) is 0 Å². The number of nitrogens with zero attached hydrogens (tertiary/aromatic N) is 1. The number of hydrogen-bond acceptors (Lipinski definition) is 3. The summed E-state index contributed by atoms with van der Waals surface area (Å²) in [5.41, 5.74) is 2.11. The van der Waals surface area contributed by atoms with E-state index in [1.165, 1.54) is 12.1 Å². The van der Waals surface area contributed by atoms with E-state index >= 15 is 0 Å². The first-order valence-electron chi connectivity index (χ1n) is 9.29. The summed E-state index contributed by atoms with van der Waals surface area (Å²) >= 11 is 0. The summed E-state index contributed by atoms with van der Waals surface area (Å²) in [4.78, 5) is 2.37. The fraction of sp³-hybridized carbons (Fsp3) is 0.273. The molecule has 162 valence electrons. The number of alkyl halides is 3. The van der Waals surface area contributed by atoms with E-state index in [-0.39, 0.29) is 36.6 Å². The van der Waals surface area contributed by atoms with Crippen LogP contribution in [0.2, 0.25) is 0 Å². The van der Waals surface area contributed by atoms with Gasteiger partial charge in [0.1, 0.15) is 5.75 Å². The molecule has 8 heteroatoms. The van der Waals surface area contributed by atoms with Crippen LogP contribution in [0.1, 0.15) is 17.2 Å². The van der Waals surface area contributed by atoms with Gasteiger partial charge in [-0.25, -0.2) is 0 Å². The Morgan fingerprint density at radius 2 is 1.47 bits per heavy atom. The minimum atomic E-state index is -4.69. The van der Waals surface area contributed by atoms with Gasteiger partial charge in [-0.2, -0.15) is 0 Å². The van der Waals surface area contributed by atoms with Gasteiger partial charge in [0.25, 0.3) is 0 Å². The molecule has 1 aliphatic heterocycles. The fourth-order valence-corrected chi connectivity index (χ4v) is 3.87. The van der Waals surface area contributed by atoms with Gasteiger partial charge in [-0.05, 0) is 34.0 Å². The molecule has 0 amide bonds. The molecule has 1 atom stereocenters. The smallest absolute Gasteiger partial charge is 0.406 e. The predicted molar refractivity (Wildman–Crippen MR) is 118 cm³/mol. The molecule has 1 N–H and O–H groups in total. The lowest BCUT2D eigenvalue weighted by atomic mass is 9.92. The summed E-state index contributed by atoms with van der Waals surface area (Å²) in [5, 5.41) is 5.66. The maximum Gasteiger partial charge on any atom is 0.573 e. The summed E-state index contributed by atoms with van der Waals surface area (Å²) in [6.07, 6.45) is -4.69. The van der Waals surface area contributed by atoms with Crippen LogP contribution in [-0.2, 0) is 0 Å². The fourth-order valence-electron chi connectivity index (χ4n) is 3.87. The van der Waals surface area contributed by atoms with Gasteiger partial charge in [0, 0.05) is 26.2 Å². The lowest BCUT2D eigenvalue weighted by molar-refractivity contribution is -0.274. The SMILES string of the molecule is Cl.Cl.FC(F)(F)Oc1ccc([C@H](c2cccc3ccccc23)N2CCNCC2)cc1. The van der Waals surface area contributed by atoms with Crippen molar-refractivity contribution >= 4 is 35.6 Å². The van der Waals surface area contributed by atoms with Crippen LogP contribution in [0.5, 0.6) is 5.75 Å². The third-order valence-electron chi connectivity index (χ3n) is 5.06. The van der Waals surface area contributed by atoms with Crippen LogP contribution < -0.4 is 10.1 Å².